The average Bonchev–Trinajstić information content (AvgIpc) is 2.39. The molecule has 0 saturated carbocycles. The van der Waals surface area contributed by atoms with Crippen LogP contribution >= 0.6 is 0 Å². The van der Waals surface area contributed by atoms with Crippen molar-refractivity contribution in [2.45, 2.75) is 26.3 Å². The molecule has 0 saturated heterocycles. The Morgan fingerprint density at radius 2 is 2.33 bits per heavy atom. The molecule has 1 rings (SSSR count). The maximum atomic E-state index is 11.2. The number of nitriles is 1. The van der Waals surface area contributed by atoms with E-state index in [-0.39, 0.29) is 12.0 Å². The highest BCUT2D eigenvalue weighted by atomic mass is 16.5. The van der Waals surface area contributed by atoms with Crippen LogP contribution in [0, 0.1) is 11.3 Å². The van der Waals surface area contributed by atoms with Gasteiger partial charge in [0.1, 0.15) is 0 Å². The molecule has 4 heteroatoms. The van der Waals surface area contributed by atoms with Crippen LogP contribution in [-0.2, 0) is 9.53 Å². The number of hydrogen-bond acceptors (Lipinski definition) is 4. The van der Waals surface area contributed by atoms with Gasteiger partial charge in [-0.3, -0.25) is 4.79 Å². The predicted molar refractivity (Wildman–Crippen MR) is 68.8 cm³/mol. The zero-order valence-corrected chi connectivity index (χ0v) is 10.8. The highest BCUT2D eigenvalue weighted by Gasteiger charge is 2.07. The fourth-order valence-electron chi connectivity index (χ4n) is 1.62. The first-order valence-corrected chi connectivity index (χ1v) is 6.06. The van der Waals surface area contributed by atoms with Crippen LogP contribution in [0.2, 0.25) is 0 Å². The van der Waals surface area contributed by atoms with E-state index >= 15 is 0 Å². The van der Waals surface area contributed by atoms with E-state index in [0.717, 1.165) is 5.56 Å². The van der Waals surface area contributed by atoms with Crippen LogP contribution in [0.1, 0.15) is 37.4 Å². The smallest absolute Gasteiger partial charge is 0.307 e. The van der Waals surface area contributed by atoms with Crippen LogP contribution in [0.5, 0.6) is 0 Å². The van der Waals surface area contributed by atoms with E-state index in [9.17, 15) is 4.79 Å². The first-order chi connectivity index (χ1) is 8.67. The van der Waals surface area contributed by atoms with Crippen LogP contribution in [0.15, 0.2) is 24.3 Å². The van der Waals surface area contributed by atoms with E-state index in [1.54, 1.807) is 13.0 Å². The van der Waals surface area contributed by atoms with Gasteiger partial charge in [-0.05, 0) is 31.5 Å². The van der Waals surface area contributed by atoms with Crippen molar-refractivity contribution in [1.82, 2.24) is 5.32 Å². The summed E-state index contributed by atoms with van der Waals surface area (Å²) < 4.78 is 4.84. The van der Waals surface area contributed by atoms with Gasteiger partial charge in [0, 0.05) is 12.6 Å². The Bertz CT molecular complexity index is 438. The number of carbonyl (C=O) groups is 1. The molecule has 1 unspecified atom stereocenters. The number of benzene rings is 1. The monoisotopic (exact) mass is 246 g/mol. The fourth-order valence-corrected chi connectivity index (χ4v) is 1.62. The fraction of sp³-hybridized carbons (Fsp3) is 0.429. The Morgan fingerprint density at radius 3 is 3.00 bits per heavy atom. The van der Waals surface area contributed by atoms with Crippen molar-refractivity contribution in [3.63, 3.8) is 0 Å². The van der Waals surface area contributed by atoms with Crippen molar-refractivity contribution in [3.05, 3.63) is 35.4 Å². The van der Waals surface area contributed by atoms with E-state index in [2.05, 4.69) is 11.4 Å². The molecule has 18 heavy (non-hydrogen) atoms. The third-order valence-corrected chi connectivity index (χ3v) is 2.60. The quantitative estimate of drug-likeness (QED) is 0.781. The maximum absolute atomic E-state index is 11.2. The van der Waals surface area contributed by atoms with Gasteiger partial charge in [-0.15, -0.1) is 0 Å². The first-order valence-electron chi connectivity index (χ1n) is 6.06. The SMILES string of the molecule is CCOC(=O)CCNC(C)c1cccc(C#N)c1. The summed E-state index contributed by atoms with van der Waals surface area (Å²) in [7, 11) is 0. The third kappa shape index (κ3) is 4.56. The molecule has 0 aliphatic carbocycles. The van der Waals surface area contributed by atoms with Gasteiger partial charge in [0.05, 0.1) is 24.7 Å². The highest BCUT2D eigenvalue weighted by Crippen LogP contribution is 2.13. The van der Waals surface area contributed by atoms with Crippen LogP contribution < -0.4 is 5.32 Å². The summed E-state index contributed by atoms with van der Waals surface area (Å²) in [5.74, 6) is -0.192. The second kappa shape index (κ2) is 7.46. The summed E-state index contributed by atoms with van der Waals surface area (Å²) in [6.45, 7) is 4.78. The number of ether oxygens (including phenoxy) is 1. The molecule has 0 aliphatic rings. The number of nitrogens with one attached hydrogen (secondary N) is 1. The van der Waals surface area contributed by atoms with E-state index in [1.165, 1.54) is 0 Å². The molecule has 1 atom stereocenters. The average molecular weight is 246 g/mol. The second-order valence-corrected chi connectivity index (χ2v) is 3.97. The topological polar surface area (TPSA) is 62.1 Å². The highest BCUT2D eigenvalue weighted by molar-refractivity contribution is 5.69. The van der Waals surface area contributed by atoms with Gasteiger partial charge < -0.3 is 10.1 Å². The minimum absolute atomic E-state index is 0.104. The summed E-state index contributed by atoms with van der Waals surface area (Å²) in [5, 5.41) is 12.0. The number of rotatable bonds is 6. The standard InChI is InChI=1S/C14H18N2O2/c1-3-18-14(17)7-8-16-11(2)13-6-4-5-12(9-13)10-15/h4-6,9,11,16H,3,7-8H2,1-2H3. The molecule has 1 aromatic carbocycles. The molecule has 4 nitrogen and oxygen atoms in total. The van der Waals surface area contributed by atoms with Gasteiger partial charge in [-0.1, -0.05) is 12.1 Å². The molecule has 0 aromatic heterocycles. The van der Waals surface area contributed by atoms with Crippen molar-refractivity contribution in [1.29, 1.82) is 5.26 Å². The summed E-state index contributed by atoms with van der Waals surface area (Å²) in [6.07, 6.45) is 0.357. The summed E-state index contributed by atoms with van der Waals surface area (Å²) in [6, 6.07) is 9.66. The number of nitrogens with zero attached hydrogens (tertiary/aromatic N) is 1. The maximum Gasteiger partial charge on any atom is 0.307 e. The summed E-state index contributed by atoms with van der Waals surface area (Å²) >= 11 is 0. The molecule has 0 heterocycles. The lowest BCUT2D eigenvalue weighted by Crippen LogP contribution is -2.22. The van der Waals surface area contributed by atoms with Gasteiger partial charge in [0.2, 0.25) is 0 Å². The predicted octanol–water partition coefficient (Wildman–Crippen LogP) is 2.16. The van der Waals surface area contributed by atoms with Crippen molar-refractivity contribution >= 4 is 5.97 Å². The molecule has 0 fully saturated rings. The Morgan fingerprint density at radius 1 is 1.56 bits per heavy atom. The van der Waals surface area contributed by atoms with Crippen LogP contribution in [-0.4, -0.2) is 19.1 Å². The normalized spacial score (nSPS) is 11.6. The minimum atomic E-state index is -0.192. The first kappa shape index (κ1) is 14.2. The minimum Gasteiger partial charge on any atom is -0.466 e. The van der Waals surface area contributed by atoms with Crippen molar-refractivity contribution in [3.8, 4) is 6.07 Å². The zero-order chi connectivity index (χ0) is 13.4. The lowest BCUT2D eigenvalue weighted by Gasteiger charge is -2.14. The molecule has 0 bridgehead atoms. The Labute approximate surface area is 108 Å². The summed E-state index contributed by atoms with van der Waals surface area (Å²) in [5.41, 5.74) is 1.68. The Kier molecular flexibility index (Phi) is 5.89. The molecule has 0 radical (unpaired) electrons. The lowest BCUT2D eigenvalue weighted by molar-refractivity contribution is -0.143. The van der Waals surface area contributed by atoms with Gasteiger partial charge in [-0.2, -0.15) is 5.26 Å². The summed E-state index contributed by atoms with van der Waals surface area (Å²) in [4.78, 5) is 11.2. The van der Waals surface area contributed by atoms with E-state index in [4.69, 9.17) is 10.00 Å². The number of carbonyl (C=O) groups excluding carboxylic acids is 1. The molecular weight excluding hydrogens is 228 g/mol. The van der Waals surface area contributed by atoms with Gasteiger partial charge in [0.15, 0.2) is 0 Å². The molecule has 0 amide bonds. The molecule has 1 aromatic rings. The van der Waals surface area contributed by atoms with Crippen molar-refractivity contribution in [2.24, 2.45) is 0 Å². The van der Waals surface area contributed by atoms with Gasteiger partial charge >= 0.3 is 5.97 Å². The number of esters is 1. The second-order valence-electron chi connectivity index (χ2n) is 3.97. The van der Waals surface area contributed by atoms with E-state index in [1.807, 2.05) is 25.1 Å². The molecule has 0 spiro atoms. The number of hydrogen-bond donors (Lipinski definition) is 1. The molecular formula is C14H18N2O2. The zero-order valence-electron chi connectivity index (χ0n) is 10.8. The van der Waals surface area contributed by atoms with E-state index in [0.29, 0.717) is 25.1 Å². The Hall–Kier alpha value is -1.86. The van der Waals surface area contributed by atoms with Crippen LogP contribution in [0.4, 0.5) is 0 Å². The van der Waals surface area contributed by atoms with Crippen molar-refractivity contribution < 1.29 is 9.53 Å². The molecule has 1 N–H and O–H groups in total. The largest absolute Gasteiger partial charge is 0.466 e. The van der Waals surface area contributed by atoms with Crippen LogP contribution in [0.25, 0.3) is 0 Å². The van der Waals surface area contributed by atoms with Crippen LogP contribution in [0.3, 0.4) is 0 Å². The van der Waals surface area contributed by atoms with Gasteiger partial charge in [-0.25, -0.2) is 0 Å². The van der Waals surface area contributed by atoms with Gasteiger partial charge in [0.25, 0.3) is 0 Å². The van der Waals surface area contributed by atoms with E-state index < -0.39 is 0 Å². The third-order valence-electron chi connectivity index (χ3n) is 2.60. The molecule has 0 aliphatic heterocycles. The Balaban J connectivity index is 2.43. The lowest BCUT2D eigenvalue weighted by atomic mass is 10.1. The van der Waals surface area contributed by atoms with Crippen molar-refractivity contribution in [2.75, 3.05) is 13.2 Å². The molecule has 96 valence electrons.